The Morgan fingerprint density at radius 3 is 2.27 bits per heavy atom. The standard InChI is InChI=1S/C10H8N2O2.H2O/c13-9-6-7-11-10(14)12(9)8-4-2-1-3-5-8;/h1-7H,(H,11,14);1H2. The van der Waals surface area contributed by atoms with E-state index in [2.05, 4.69) is 4.98 Å². The number of aromatic amines is 1. The van der Waals surface area contributed by atoms with Crippen molar-refractivity contribution in [3.8, 4) is 5.69 Å². The van der Waals surface area contributed by atoms with Crippen LogP contribution in [-0.2, 0) is 0 Å². The van der Waals surface area contributed by atoms with Crippen LogP contribution in [0.25, 0.3) is 5.69 Å². The van der Waals surface area contributed by atoms with Crippen molar-refractivity contribution in [1.82, 2.24) is 9.55 Å². The number of rotatable bonds is 1. The second-order valence-electron chi connectivity index (χ2n) is 2.79. The Bertz CT molecular complexity index is 514. The van der Waals surface area contributed by atoms with Gasteiger partial charge in [-0.1, -0.05) is 18.2 Å². The molecule has 0 saturated carbocycles. The van der Waals surface area contributed by atoms with Gasteiger partial charge in [-0.2, -0.15) is 0 Å². The van der Waals surface area contributed by atoms with Crippen LogP contribution in [0.1, 0.15) is 0 Å². The van der Waals surface area contributed by atoms with Crippen molar-refractivity contribution in [2.75, 3.05) is 0 Å². The first kappa shape index (κ1) is 10.9. The van der Waals surface area contributed by atoms with Crippen molar-refractivity contribution in [2.24, 2.45) is 0 Å². The minimum atomic E-state index is -0.427. The predicted octanol–water partition coefficient (Wildman–Crippen LogP) is -0.299. The summed E-state index contributed by atoms with van der Waals surface area (Å²) in [4.78, 5) is 25.2. The van der Waals surface area contributed by atoms with E-state index in [1.54, 1.807) is 24.3 Å². The second kappa shape index (κ2) is 4.39. The summed E-state index contributed by atoms with van der Waals surface area (Å²) in [6.45, 7) is 0. The Hall–Kier alpha value is -2.14. The SMILES string of the molecule is O.O=c1cc[nH]c(=O)n1-c1ccccc1. The maximum Gasteiger partial charge on any atom is 0.332 e. The first-order valence-electron chi connectivity index (χ1n) is 4.15. The molecular formula is C10H10N2O3. The Labute approximate surface area is 84.9 Å². The minimum Gasteiger partial charge on any atom is -0.412 e. The quantitative estimate of drug-likeness (QED) is 0.694. The van der Waals surface area contributed by atoms with Gasteiger partial charge in [0.1, 0.15) is 0 Å². The Balaban J connectivity index is 0.00000112. The molecule has 0 aliphatic carbocycles. The lowest BCUT2D eigenvalue weighted by Crippen LogP contribution is -2.32. The van der Waals surface area contributed by atoms with Gasteiger partial charge in [0, 0.05) is 12.3 Å². The minimum absolute atomic E-state index is 0. The van der Waals surface area contributed by atoms with Crippen LogP contribution in [0.3, 0.4) is 0 Å². The molecule has 1 heterocycles. The van der Waals surface area contributed by atoms with Crippen LogP contribution < -0.4 is 11.2 Å². The van der Waals surface area contributed by atoms with Crippen LogP contribution in [0.2, 0.25) is 0 Å². The van der Waals surface area contributed by atoms with Gasteiger partial charge in [0.15, 0.2) is 0 Å². The highest BCUT2D eigenvalue weighted by atomic mass is 16.2. The summed E-state index contributed by atoms with van der Waals surface area (Å²) in [5, 5.41) is 0. The lowest BCUT2D eigenvalue weighted by Gasteiger charge is -2.01. The molecule has 0 aliphatic heterocycles. The summed E-state index contributed by atoms with van der Waals surface area (Å²) < 4.78 is 1.08. The van der Waals surface area contributed by atoms with Gasteiger partial charge in [-0.25, -0.2) is 9.36 Å². The number of para-hydroxylation sites is 1. The van der Waals surface area contributed by atoms with Gasteiger partial charge in [0.25, 0.3) is 5.56 Å². The van der Waals surface area contributed by atoms with E-state index >= 15 is 0 Å². The summed E-state index contributed by atoms with van der Waals surface area (Å²) in [5.41, 5.74) is -0.192. The summed E-state index contributed by atoms with van der Waals surface area (Å²) >= 11 is 0. The van der Waals surface area contributed by atoms with E-state index in [1.807, 2.05) is 6.07 Å². The zero-order valence-electron chi connectivity index (χ0n) is 7.81. The van der Waals surface area contributed by atoms with E-state index < -0.39 is 5.69 Å². The smallest absolute Gasteiger partial charge is 0.332 e. The first-order valence-corrected chi connectivity index (χ1v) is 4.15. The number of nitrogens with zero attached hydrogens (tertiary/aromatic N) is 1. The van der Waals surface area contributed by atoms with Crippen LogP contribution in [0, 0.1) is 0 Å². The van der Waals surface area contributed by atoms with Crippen molar-refractivity contribution in [2.45, 2.75) is 0 Å². The van der Waals surface area contributed by atoms with E-state index in [4.69, 9.17) is 0 Å². The molecule has 0 amide bonds. The number of hydrogen-bond donors (Lipinski definition) is 1. The van der Waals surface area contributed by atoms with Gasteiger partial charge in [-0.15, -0.1) is 0 Å². The molecule has 0 spiro atoms. The molecule has 0 fully saturated rings. The highest BCUT2D eigenvalue weighted by Gasteiger charge is 2.00. The normalized spacial score (nSPS) is 9.33. The molecule has 3 N–H and O–H groups in total. The van der Waals surface area contributed by atoms with Crippen LogP contribution in [0.4, 0.5) is 0 Å². The number of H-pyrrole nitrogens is 1. The average Bonchev–Trinajstić information content (AvgIpc) is 2.19. The van der Waals surface area contributed by atoms with Crippen LogP contribution in [-0.4, -0.2) is 15.0 Å². The van der Waals surface area contributed by atoms with Gasteiger partial charge in [0.2, 0.25) is 0 Å². The largest absolute Gasteiger partial charge is 0.412 e. The van der Waals surface area contributed by atoms with Gasteiger partial charge in [-0.3, -0.25) is 4.79 Å². The average molecular weight is 206 g/mol. The van der Waals surface area contributed by atoms with E-state index in [9.17, 15) is 9.59 Å². The van der Waals surface area contributed by atoms with Gasteiger partial charge in [-0.05, 0) is 12.1 Å². The van der Waals surface area contributed by atoms with Gasteiger partial charge < -0.3 is 10.5 Å². The zero-order chi connectivity index (χ0) is 9.97. The molecule has 0 atom stereocenters. The Morgan fingerprint density at radius 2 is 1.67 bits per heavy atom. The van der Waals surface area contributed by atoms with Crippen molar-refractivity contribution < 1.29 is 5.48 Å². The summed E-state index contributed by atoms with van der Waals surface area (Å²) in [6.07, 6.45) is 1.34. The number of benzene rings is 1. The lowest BCUT2D eigenvalue weighted by molar-refractivity contribution is 0.824. The molecule has 0 aliphatic rings. The fraction of sp³-hybridized carbons (Fsp3) is 0. The molecule has 0 saturated heterocycles. The first-order chi connectivity index (χ1) is 6.79. The highest BCUT2D eigenvalue weighted by molar-refractivity contribution is 5.30. The van der Waals surface area contributed by atoms with E-state index in [0.29, 0.717) is 5.69 Å². The zero-order valence-corrected chi connectivity index (χ0v) is 7.81. The summed E-state index contributed by atoms with van der Waals surface area (Å²) in [5.74, 6) is 0. The summed E-state index contributed by atoms with van der Waals surface area (Å²) in [6, 6.07) is 10.1. The molecule has 78 valence electrons. The molecule has 1 aromatic heterocycles. The van der Waals surface area contributed by atoms with Gasteiger partial charge >= 0.3 is 5.69 Å². The lowest BCUT2D eigenvalue weighted by atomic mass is 10.3. The predicted molar refractivity (Wildman–Crippen MR) is 56.3 cm³/mol. The third-order valence-electron chi connectivity index (χ3n) is 1.87. The Kier molecular flexibility index (Phi) is 3.20. The molecule has 1 aromatic carbocycles. The number of nitrogens with one attached hydrogen (secondary N) is 1. The van der Waals surface area contributed by atoms with E-state index in [1.165, 1.54) is 12.3 Å². The van der Waals surface area contributed by atoms with Crippen molar-refractivity contribution in [1.29, 1.82) is 0 Å². The van der Waals surface area contributed by atoms with Crippen molar-refractivity contribution in [3.05, 3.63) is 63.4 Å². The maximum absolute atomic E-state index is 11.4. The van der Waals surface area contributed by atoms with Crippen LogP contribution in [0.5, 0.6) is 0 Å². The monoisotopic (exact) mass is 206 g/mol. The molecule has 5 heteroatoms. The highest BCUT2D eigenvalue weighted by Crippen LogP contribution is 1.99. The fourth-order valence-electron chi connectivity index (χ4n) is 1.24. The molecule has 5 nitrogen and oxygen atoms in total. The maximum atomic E-state index is 11.4. The molecule has 0 radical (unpaired) electrons. The number of aromatic nitrogens is 2. The third-order valence-corrected chi connectivity index (χ3v) is 1.87. The summed E-state index contributed by atoms with van der Waals surface area (Å²) in [7, 11) is 0. The van der Waals surface area contributed by atoms with Gasteiger partial charge in [0.05, 0.1) is 5.69 Å². The Morgan fingerprint density at radius 1 is 1.00 bits per heavy atom. The van der Waals surface area contributed by atoms with E-state index in [0.717, 1.165) is 4.57 Å². The second-order valence-corrected chi connectivity index (χ2v) is 2.79. The molecule has 0 bridgehead atoms. The molecule has 15 heavy (non-hydrogen) atoms. The number of hydrogen-bond acceptors (Lipinski definition) is 2. The van der Waals surface area contributed by atoms with Crippen LogP contribution >= 0.6 is 0 Å². The third kappa shape index (κ3) is 2.03. The van der Waals surface area contributed by atoms with E-state index in [-0.39, 0.29) is 11.0 Å². The molecule has 2 rings (SSSR count). The fourth-order valence-corrected chi connectivity index (χ4v) is 1.24. The molecule has 0 unspecified atom stereocenters. The van der Waals surface area contributed by atoms with Crippen molar-refractivity contribution in [3.63, 3.8) is 0 Å². The molecule has 2 aromatic rings. The topological polar surface area (TPSA) is 86.4 Å². The molecular weight excluding hydrogens is 196 g/mol. The van der Waals surface area contributed by atoms with Crippen molar-refractivity contribution >= 4 is 0 Å². The van der Waals surface area contributed by atoms with Crippen LogP contribution in [0.15, 0.2) is 52.2 Å².